The van der Waals surface area contributed by atoms with Gasteiger partial charge in [-0.3, -0.25) is 4.68 Å². The lowest BCUT2D eigenvalue weighted by Crippen LogP contribution is -2.30. The highest BCUT2D eigenvalue weighted by Crippen LogP contribution is 2.25. The summed E-state index contributed by atoms with van der Waals surface area (Å²) in [4.78, 5) is 21.4. The summed E-state index contributed by atoms with van der Waals surface area (Å²) >= 11 is 0. The molecular formula is C12H15N5O2. The maximum Gasteiger partial charge on any atom is 0.374 e. The summed E-state index contributed by atoms with van der Waals surface area (Å²) in [6, 6.07) is 0. The predicted octanol–water partition coefficient (Wildman–Crippen LogP) is 1.05. The number of carbonyl (C=O) groups is 1. The van der Waals surface area contributed by atoms with Gasteiger partial charge in [-0.05, 0) is 19.3 Å². The van der Waals surface area contributed by atoms with E-state index in [1.54, 1.807) is 11.7 Å². The third kappa shape index (κ3) is 2.11. The molecule has 7 heteroatoms. The van der Waals surface area contributed by atoms with E-state index < -0.39 is 5.97 Å². The summed E-state index contributed by atoms with van der Waals surface area (Å²) in [6.45, 7) is 1.81. The number of aryl methyl sites for hydroxylation is 1. The van der Waals surface area contributed by atoms with Crippen molar-refractivity contribution in [3.8, 4) is 0 Å². The van der Waals surface area contributed by atoms with Gasteiger partial charge in [-0.2, -0.15) is 10.1 Å². The van der Waals surface area contributed by atoms with Gasteiger partial charge in [0.1, 0.15) is 5.82 Å². The molecule has 0 aliphatic carbocycles. The lowest BCUT2D eigenvalue weighted by Gasteiger charge is -2.28. The van der Waals surface area contributed by atoms with Crippen LogP contribution in [0, 0.1) is 0 Å². The number of aromatic nitrogens is 4. The quantitative estimate of drug-likeness (QED) is 0.870. The maximum absolute atomic E-state index is 11.1. The largest absolute Gasteiger partial charge is 0.475 e. The van der Waals surface area contributed by atoms with E-state index in [-0.39, 0.29) is 5.82 Å². The standard InChI is InChI=1S/C12H15N5O2/c1-16-7-8-9(15-16)13-10(12(18)19)14-11(8)17-5-3-2-4-6-17/h7H,2-6H2,1H3,(H,18,19). The molecular weight excluding hydrogens is 246 g/mol. The molecule has 0 radical (unpaired) electrons. The molecule has 0 atom stereocenters. The zero-order chi connectivity index (χ0) is 13.4. The molecule has 0 saturated carbocycles. The van der Waals surface area contributed by atoms with Gasteiger partial charge in [-0.1, -0.05) is 0 Å². The second-order valence-corrected chi connectivity index (χ2v) is 4.76. The number of piperidine rings is 1. The molecule has 2 aromatic heterocycles. The zero-order valence-corrected chi connectivity index (χ0v) is 10.7. The van der Waals surface area contributed by atoms with E-state index in [1.807, 2.05) is 6.20 Å². The lowest BCUT2D eigenvalue weighted by atomic mass is 10.1. The Morgan fingerprint density at radius 2 is 2.00 bits per heavy atom. The fourth-order valence-electron chi connectivity index (χ4n) is 2.45. The number of carboxylic acid groups (broad SMARTS) is 1. The van der Waals surface area contributed by atoms with Crippen LogP contribution in [0.3, 0.4) is 0 Å². The monoisotopic (exact) mass is 261 g/mol. The van der Waals surface area contributed by atoms with Crippen molar-refractivity contribution in [3.63, 3.8) is 0 Å². The predicted molar refractivity (Wildman–Crippen MR) is 69.3 cm³/mol. The molecule has 0 spiro atoms. The summed E-state index contributed by atoms with van der Waals surface area (Å²) < 4.78 is 1.64. The van der Waals surface area contributed by atoms with Crippen LogP contribution in [0.5, 0.6) is 0 Å². The van der Waals surface area contributed by atoms with E-state index in [2.05, 4.69) is 20.0 Å². The third-order valence-corrected chi connectivity index (χ3v) is 3.32. The van der Waals surface area contributed by atoms with Gasteiger partial charge >= 0.3 is 5.97 Å². The van der Waals surface area contributed by atoms with Crippen molar-refractivity contribution in [3.05, 3.63) is 12.0 Å². The molecule has 2 aromatic rings. The molecule has 0 aromatic carbocycles. The van der Waals surface area contributed by atoms with Crippen LogP contribution in [0.25, 0.3) is 11.0 Å². The first-order valence-electron chi connectivity index (χ1n) is 6.35. The SMILES string of the molecule is Cn1cc2c(N3CCCCC3)nc(C(=O)O)nc2n1. The highest BCUT2D eigenvalue weighted by atomic mass is 16.4. The fourth-order valence-corrected chi connectivity index (χ4v) is 2.45. The average Bonchev–Trinajstić information content (AvgIpc) is 2.78. The van der Waals surface area contributed by atoms with Crippen molar-refractivity contribution in [1.82, 2.24) is 19.7 Å². The molecule has 1 fully saturated rings. The fraction of sp³-hybridized carbons (Fsp3) is 0.500. The lowest BCUT2D eigenvalue weighted by molar-refractivity contribution is 0.0684. The zero-order valence-electron chi connectivity index (χ0n) is 10.7. The molecule has 7 nitrogen and oxygen atoms in total. The second-order valence-electron chi connectivity index (χ2n) is 4.76. The number of anilines is 1. The number of nitrogens with zero attached hydrogens (tertiary/aromatic N) is 5. The molecule has 1 aliphatic heterocycles. The molecule has 1 N–H and O–H groups in total. The minimum atomic E-state index is -1.12. The van der Waals surface area contributed by atoms with Gasteiger partial charge in [0.15, 0.2) is 5.65 Å². The Balaban J connectivity index is 2.16. The van der Waals surface area contributed by atoms with E-state index >= 15 is 0 Å². The van der Waals surface area contributed by atoms with Crippen LogP contribution in [-0.2, 0) is 7.05 Å². The van der Waals surface area contributed by atoms with Crippen molar-refractivity contribution >= 4 is 22.8 Å². The summed E-state index contributed by atoms with van der Waals surface area (Å²) in [5.41, 5.74) is 0.440. The Hall–Kier alpha value is -2.18. The number of hydrogen-bond acceptors (Lipinski definition) is 5. The Morgan fingerprint density at radius 3 is 2.68 bits per heavy atom. The molecule has 0 bridgehead atoms. The van der Waals surface area contributed by atoms with Crippen LogP contribution < -0.4 is 4.90 Å². The van der Waals surface area contributed by atoms with Gasteiger partial charge in [0.05, 0.1) is 5.39 Å². The Labute approximate surface area is 109 Å². The summed E-state index contributed by atoms with van der Waals surface area (Å²) in [5.74, 6) is -0.618. The third-order valence-electron chi connectivity index (χ3n) is 3.32. The molecule has 1 saturated heterocycles. The topological polar surface area (TPSA) is 84.1 Å². The molecule has 19 heavy (non-hydrogen) atoms. The summed E-state index contributed by atoms with van der Waals surface area (Å²) in [5, 5.41) is 14.1. The van der Waals surface area contributed by atoms with Gasteiger partial charge in [0.25, 0.3) is 0 Å². The van der Waals surface area contributed by atoms with Crippen molar-refractivity contribution in [2.75, 3.05) is 18.0 Å². The van der Waals surface area contributed by atoms with E-state index in [9.17, 15) is 4.79 Å². The van der Waals surface area contributed by atoms with E-state index in [4.69, 9.17) is 5.11 Å². The number of rotatable bonds is 2. The minimum Gasteiger partial charge on any atom is -0.475 e. The van der Waals surface area contributed by atoms with Crippen molar-refractivity contribution in [2.24, 2.45) is 7.05 Å². The normalized spacial score (nSPS) is 15.9. The van der Waals surface area contributed by atoms with E-state index in [0.29, 0.717) is 11.5 Å². The number of aromatic carboxylic acids is 1. The minimum absolute atomic E-state index is 0.188. The molecule has 0 unspecified atom stereocenters. The Morgan fingerprint density at radius 1 is 1.26 bits per heavy atom. The first kappa shape index (κ1) is 11.9. The van der Waals surface area contributed by atoms with Gasteiger partial charge < -0.3 is 10.0 Å². The second kappa shape index (κ2) is 4.49. The van der Waals surface area contributed by atoms with Crippen LogP contribution in [-0.4, -0.2) is 43.9 Å². The van der Waals surface area contributed by atoms with Crippen LogP contribution in [0.1, 0.15) is 29.9 Å². The average molecular weight is 261 g/mol. The van der Waals surface area contributed by atoms with Crippen molar-refractivity contribution in [2.45, 2.75) is 19.3 Å². The first-order chi connectivity index (χ1) is 9.15. The van der Waals surface area contributed by atoms with Crippen LogP contribution in [0.15, 0.2) is 6.20 Å². The molecule has 100 valence electrons. The smallest absolute Gasteiger partial charge is 0.374 e. The number of carboxylic acids is 1. The molecule has 3 heterocycles. The van der Waals surface area contributed by atoms with Gasteiger partial charge in [-0.25, -0.2) is 9.78 Å². The first-order valence-corrected chi connectivity index (χ1v) is 6.35. The van der Waals surface area contributed by atoms with Crippen LogP contribution >= 0.6 is 0 Å². The Kier molecular flexibility index (Phi) is 2.81. The van der Waals surface area contributed by atoms with Crippen LogP contribution in [0.2, 0.25) is 0 Å². The van der Waals surface area contributed by atoms with Crippen molar-refractivity contribution in [1.29, 1.82) is 0 Å². The van der Waals surface area contributed by atoms with Gasteiger partial charge in [-0.15, -0.1) is 0 Å². The molecule has 0 amide bonds. The van der Waals surface area contributed by atoms with Crippen LogP contribution in [0.4, 0.5) is 5.82 Å². The highest BCUT2D eigenvalue weighted by molar-refractivity contribution is 5.92. The van der Waals surface area contributed by atoms with E-state index in [1.165, 1.54) is 6.42 Å². The van der Waals surface area contributed by atoms with Gasteiger partial charge in [0.2, 0.25) is 5.82 Å². The maximum atomic E-state index is 11.1. The summed E-state index contributed by atoms with van der Waals surface area (Å²) in [6.07, 6.45) is 5.26. The van der Waals surface area contributed by atoms with E-state index in [0.717, 1.165) is 31.3 Å². The van der Waals surface area contributed by atoms with Gasteiger partial charge in [0, 0.05) is 26.3 Å². The summed E-state index contributed by atoms with van der Waals surface area (Å²) in [7, 11) is 1.79. The molecule has 1 aliphatic rings. The number of hydrogen-bond donors (Lipinski definition) is 1. The van der Waals surface area contributed by atoms with Crippen molar-refractivity contribution < 1.29 is 9.90 Å². The molecule has 3 rings (SSSR count). The highest BCUT2D eigenvalue weighted by Gasteiger charge is 2.20. The number of fused-ring (bicyclic) bond motifs is 1. The Bertz CT molecular complexity index is 630.